The summed E-state index contributed by atoms with van der Waals surface area (Å²) in [6, 6.07) is -0.801. The number of H-pyrrole nitrogens is 1. The monoisotopic (exact) mass is 410 g/mol. The van der Waals surface area contributed by atoms with Gasteiger partial charge in [0.15, 0.2) is 17.5 Å². The van der Waals surface area contributed by atoms with Gasteiger partial charge < -0.3 is 19.9 Å². The van der Waals surface area contributed by atoms with Crippen molar-refractivity contribution in [2.45, 2.75) is 32.4 Å². The number of carbonyl (C=O) groups is 2. The maximum absolute atomic E-state index is 14.6. The van der Waals surface area contributed by atoms with Gasteiger partial charge in [-0.15, -0.1) is 0 Å². The van der Waals surface area contributed by atoms with Crippen molar-refractivity contribution in [3.8, 4) is 0 Å². The van der Waals surface area contributed by atoms with Gasteiger partial charge in [0.25, 0.3) is 0 Å². The first-order chi connectivity index (χ1) is 13.8. The average Bonchev–Trinajstić information content (AvgIpc) is 3.18. The highest BCUT2D eigenvalue weighted by molar-refractivity contribution is 5.84. The number of hydrogen-bond acceptors (Lipinski definition) is 4. The van der Waals surface area contributed by atoms with Gasteiger partial charge in [-0.2, -0.15) is 0 Å². The van der Waals surface area contributed by atoms with Crippen LogP contribution in [0.2, 0.25) is 0 Å². The molecule has 1 aliphatic heterocycles. The lowest BCUT2D eigenvalue weighted by Gasteiger charge is -2.36. The van der Waals surface area contributed by atoms with Crippen molar-refractivity contribution in [2.75, 3.05) is 13.7 Å². The van der Waals surface area contributed by atoms with Gasteiger partial charge in [-0.1, -0.05) is 19.9 Å². The van der Waals surface area contributed by atoms with Crippen LogP contribution in [0.15, 0.2) is 18.5 Å². The van der Waals surface area contributed by atoms with E-state index in [1.54, 1.807) is 13.8 Å². The van der Waals surface area contributed by atoms with Crippen LogP contribution >= 0.6 is 0 Å². The summed E-state index contributed by atoms with van der Waals surface area (Å²) in [6.45, 7) is 3.61. The van der Waals surface area contributed by atoms with Gasteiger partial charge >= 0.3 is 12.0 Å². The molecule has 0 spiro atoms. The van der Waals surface area contributed by atoms with Crippen molar-refractivity contribution in [1.82, 2.24) is 20.2 Å². The fraction of sp³-hybridized carbons (Fsp3) is 0.421. The molecule has 29 heavy (non-hydrogen) atoms. The SMILES string of the molecule is COC(=O)[C@@H](NC(=O)N1CCc2[nH]cnc2[C@@H]1c1ccc(F)c(F)c1F)C(C)C. The Labute approximate surface area is 165 Å². The molecule has 10 heteroatoms. The van der Waals surface area contributed by atoms with Crippen LogP contribution in [0.4, 0.5) is 18.0 Å². The number of aromatic nitrogens is 2. The number of aromatic amines is 1. The summed E-state index contributed by atoms with van der Waals surface area (Å²) in [5.74, 6) is -5.24. The van der Waals surface area contributed by atoms with Gasteiger partial charge in [-0.25, -0.2) is 27.7 Å². The molecule has 0 bridgehead atoms. The van der Waals surface area contributed by atoms with E-state index in [1.165, 1.54) is 18.3 Å². The van der Waals surface area contributed by atoms with Crippen LogP contribution in [0.3, 0.4) is 0 Å². The van der Waals surface area contributed by atoms with Crippen LogP contribution in [0.5, 0.6) is 0 Å². The third kappa shape index (κ3) is 3.79. The topological polar surface area (TPSA) is 87.3 Å². The Bertz CT molecular complexity index is 931. The Balaban J connectivity index is 2.00. The van der Waals surface area contributed by atoms with Crippen LogP contribution < -0.4 is 5.32 Å². The lowest BCUT2D eigenvalue weighted by molar-refractivity contribution is -0.144. The van der Waals surface area contributed by atoms with Gasteiger partial charge in [0.2, 0.25) is 0 Å². The van der Waals surface area contributed by atoms with Crippen LogP contribution in [0.25, 0.3) is 0 Å². The number of halogens is 3. The highest BCUT2D eigenvalue weighted by Crippen LogP contribution is 2.35. The van der Waals surface area contributed by atoms with E-state index in [2.05, 4.69) is 15.3 Å². The van der Waals surface area contributed by atoms with Gasteiger partial charge in [0.1, 0.15) is 12.1 Å². The maximum atomic E-state index is 14.6. The minimum Gasteiger partial charge on any atom is -0.467 e. The van der Waals surface area contributed by atoms with E-state index in [9.17, 15) is 22.8 Å². The van der Waals surface area contributed by atoms with E-state index in [-0.39, 0.29) is 18.0 Å². The molecule has 1 aromatic carbocycles. The smallest absolute Gasteiger partial charge is 0.328 e. The van der Waals surface area contributed by atoms with Crippen LogP contribution in [0, 0.1) is 23.4 Å². The number of nitrogens with zero attached hydrogens (tertiary/aromatic N) is 2. The zero-order valence-corrected chi connectivity index (χ0v) is 16.1. The highest BCUT2D eigenvalue weighted by atomic mass is 19.2. The molecule has 7 nitrogen and oxygen atoms in total. The summed E-state index contributed by atoms with van der Waals surface area (Å²) < 4.78 is 46.6. The molecule has 0 radical (unpaired) electrons. The van der Waals surface area contributed by atoms with E-state index < -0.39 is 41.5 Å². The summed E-state index contributed by atoms with van der Waals surface area (Å²) in [5, 5.41) is 2.59. The molecule has 156 valence electrons. The molecule has 1 aliphatic rings. The number of hydrogen-bond donors (Lipinski definition) is 2. The first kappa shape index (κ1) is 20.7. The van der Waals surface area contributed by atoms with Crippen LogP contribution in [0.1, 0.15) is 36.8 Å². The highest BCUT2D eigenvalue weighted by Gasteiger charge is 2.38. The predicted molar refractivity (Wildman–Crippen MR) is 96.3 cm³/mol. The third-order valence-electron chi connectivity index (χ3n) is 4.95. The normalized spacial score (nSPS) is 17.1. The molecule has 0 saturated heterocycles. The summed E-state index contributed by atoms with van der Waals surface area (Å²) in [5.41, 5.74) is 0.762. The Hall–Kier alpha value is -3.04. The molecule has 2 heterocycles. The molecule has 2 atom stereocenters. The number of imidazole rings is 1. The quantitative estimate of drug-likeness (QED) is 0.599. The van der Waals surface area contributed by atoms with Crippen molar-refractivity contribution >= 4 is 12.0 Å². The lowest BCUT2D eigenvalue weighted by Crippen LogP contribution is -2.53. The lowest BCUT2D eigenvalue weighted by atomic mass is 9.95. The fourth-order valence-electron chi connectivity index (χ4n) is 3.40. The van der Waals surface area contributed by atoms with Crippen molar-refractivity contribution in [2.24, 2.45) is 5.92 Å². The molecular weight excluding hydrogens is 389 g/mol. The number of methoxy groups -OCH3 is 1. The molecule has 0 aliphatic carbocycles. The second kappa shape index (κ2) is 8.14. The number of ether oxygens (including phenoxy) is 1. The van der Waals surface area contributed by atoms with E-state index in [4.69, 9.17) is 4.74 Å². The number of fused-ring (bicyclic) bond motifs is 1. The Kier molecular flexibility index (Phi) is 5.81. The average molecular weight is 410 g/mol. The predicted octanol–water partition coefficient (Wildman–Crippen LogP) is 2.68. The Morgan fingerprint density at radius 3 is 2.66 bits per heavy atom. The number of carbonyl (C=O) groups excluding carboxylic acids is 2. The van der Waals surface area contributed by atoms with Crippen LogP contribution in [-0.2, 0) is 16.0 Å². The molecule has 0 saturated carbocycles. The number of amides is 2. The zero-order valence-electron chi connectivity index (χ0n) is 16.1. The van der Waals surface area contributed by atoms with Gasteiger partial charge in [0.05, 0.1) is 19.1 Å². The van der Waals surface area contributed by atoms with E-state index in [1.807, 2.05) is 0 Å². The Morgan fingerprint density at radius 1 is 1.28 bits per heavy atom. The summed E-state index contributed by atoms with van der Waals surface area (Å²) in [4.78, 5) is 33.3. The second-order valence-corrected chi connectivity index (χ2v) is 7.07. The summed E-state index contributed by atoms with van der Waals surface area (Å²) in [6.07, 6.45) is 1.79. The van der Waals surface area contributed by atoms with Crippen molar-refractivity contribution in [1.29, 1.82) is 0 Å². The number of rotatable bonds is 4. The minimum atomic E-state index is -1.62. The van der Waals surface area contributed by atoms with Crippen molar-refractivity contribution in [3.63, 3.8) is 0 Å². The standard InChI is InChI=1S/C19H21F3N4O3/c1-9(2)15(18(27)29-3)25-19(28)26-7-6-12-16(24-8-23-12)17(26)10-4-5-11(20)14(22)13(10)21/h4-5,8-9,15,17H,6-7H2,1-3H3,(H,23,24)(H,25,28)/t15-,17-/m0/s1. The van der Waals surface area contributed by atoms with E-state index in [0.717, 1.165) is 12.1 Å². The molecule has 2 N–H and O–H groups in total. The number of benzene rings is 1. The largest absolute Gasteiger partial charge is 0.467 e. The summed E-state index contributed by atoms with van der Waals surface area (Å²) in [7, 11) is 1.21. The van der Waals surface area contributed by atoms with Crippen molar-refractivity contribution < 1.29 is 27.5 Å². The maximum Gasteiger partial charge on any atom is 0.328 e. The molecule has 1 aromatic heterocycles. The molecule has 0 fully saturated rings. The zero-order chi connectivity index (χ0) is 21.3. The molecule has 0 unspecified atom stereocenters. The van der Waals surface area contributed by atoms with Crippen LogP contribution in [-0.4, -0.2) is 46.6 Å². The first-order valence-electron chi connectivity index (χ1n) is 9.06. The molecule has 2 amide bonds. The number of esters is 1. The molecule has 3 rings (SSSR count). The third-order valence-corrected chi connectivity index (χ3v) is 4.95. The fourth-order valence-corrected chi connectivity index (χ4v) is 3.40. The van der Waals surface area contributed by atoms with Gasteiger partial charge in [-0.05, 0) is 12.0 Å². The second-order valence-electron chi connectivity index (χ2n) is 7.07. The first-order valence-corrected chi connectivity index (χ1v) is 9.06. The molecular formula is C19H21F3N4O3. The van der Waals surface area contributed by atoms with Crippen molar-refractivity contribution in [3.05, 3.63) is 52.9 Å². The minimum absolute atomic E-state index is 0.149. The number of nitrogens with one attached hydrogen (secondary N) is 2. The van der Waals surface area contributed by atoms with Gasteiger partial charge in [0, 0.05) is 24.2 Å². The van der Waals surface area contributed by atoms with E-state index >= 15 is 0 Å². The Morgan fingerprint density at radius 2 is 2.00 bits per heavy atom. The van der Waals surface area contributed by atoms with E-state index in [0.29, 0.717) is 17.8 Å². The summed E-state index contributed by atoms with van der Waals surface area (Å²) >= 11 is 0. The van der Waals surface area contributed by atoms with Gasteiger partial charge in [-0.3, -0.25) is 0 Å². The number of urea groups is 1. The molecule has 2 aromatic rings.